The Morgan fingerprint density at radius 3 is 2.79 bits per heavy atom. The molecule has 0 saturated carbocycles. The summed E-state index contributed by atoms with van der Waals surface area (Å²) in [5, 5.41) is 13.5. The van der Waals surface area contributed by atoms with E-state index in [-0.39, 0.29) is 17.2 Å². The van der Waals surface area contributed by atoms with Gasteiger partial charge in [0, 0.05) is 10.4 Å². The molecular weight excluding hydrogens is 324 g/mol. The van der Waals surface area contributed by atoms with E-state index in [1.165, 1.54) is 0 Å². The molecule has 4 nitrogen and oxygen atoms in total. The number of carbonyl (C=O) groups is 1. The first-order valence-electron chi connectivity index (χ1n) is 8.11. The zero-order valence-electron chi connectivity index (χ0n) is 14.1. The summed E-state index contributed by atoms with van der Waals surface area (Å²) in [5.74, 6) is -0.997. The van der Waals surface area contributed by atoms with Crippen LogP contribution in [0.4, 0.5) is 5.69 Å². The van der Waals surface area contributed by atoms with E-state index in [1.54, 1.807) is 6.07 Å². The third-order valence-electron chi connectivity index (χ3n) is 5.05. The monoisotopic (exact) mass is 344 g/mol. The summed E-state index contributed by atoms with van der Waals surface area (Å²) in [7, 11) is 0. The minimum atomic E-state index is -0.997. The second-order valence-corrected chi connectivity index (χ2v) is 7.13. The number of carboxylic acids is 1. The summed E-state index contributed by atoms with van der Waals surface area (Å²) in [6.07, 6.45) is 1.72. The first-order chi connectivity index (χ1) is 11.3. The molecular formula is C19H21ClN2O2. The summed E-state index contributed by atoms with van der Waals surface area (Å²) in [4.78, 5) is 15.7. The molecule has 2 N–H and O–H groups in total. The molecule has 1 aromatic heterocycles. The number of aryl methyl sites for hydroxylation is 1. The summed E-state index contributed by atoms with van der Waals surface area (Å²) in [5.41, 5.74) is 3.83. The van der Waals surface area contributed by atoms with Crippen LogP contribution in [-0.2, 0) is 5.41 Å². The van der Waals surface area contributed by atoms with E-state index >= 15 is 0 Å². The predicted molar refractivity (Wildman–Crippen MR) is 96.0 cm³/mol. The van der Waals surface area contributed by atoms with Crippen LogP contribution in [0.25, 0.3) is 0 Å². The maximum atomic E-state index is 11.2. The Labute approximate surface area is 146 Å². The van der Waals surface area contributed by atoms with E-state index in [0.717, 1.165) is 40.4 Å². The molecule has 1 aromatic carbocycles. The largest absolute Gasteiger partial charge is 0.477 e. The van der Waals surface area contributed by atoms with Crippen molar-refractivity contribution in [3.8, 4) is 0 Å². The number of hydrogen-bond donors (Lipinski definition) is 2. The maximum Gasteiger partial charge on any atom is 0.354 e. The van der Waals surface area contributed by atoms with Crippen LogP contribution in [0.15, 0.2) is 30.3 Å². The van der Waals surface area contributed by atoms with Gasteiger partial charge in [-0.05, 0) is 49.1 Å². The highest BCUT2D eigenvalue weighted by Crippen LogP contribution is 2.45. The molecule has 5 heteroatoms. The number of rotatable bonds is 3. The number of carboxylic acid groups (broad SMARTS) is 1. The number of fused-ring (bicyclic) bond motifs is 1. The zero-order chi connectivity index (χ0) is 17.5. The van der Waals surface area contributed by atoms with Crippen LogP contribution in [-0.4, -0.2) is 16.1 Å². The lowest BCUT2D eigenvalue weighted by Gasteiger charge is -2.40. The predicted octanol–water partition coefficient (Wildman–Crippen LogP) is 4.97. The SMILES string of the molecule is CCC1(C)CC(c2ccc(C)c(Cl)c2)Nc2ccc(C(=O)O)nc21. The van der Waals surface area contributed by atoms with Gasteiger partial charge >= 0.3 is 5.97 Å². The Hall–Kier alpha value is -2.07. The van der Waals surface area contributed by atoms with Gasteiger partial charge in [-0.25, -0.2) is 9.78 Å². The van der Waals surface area contributed by atoms with Crippen LogP contribution in [0.3, 0.4) is 0 Å². The molecule has 0 aliphatic carbocycles. The molecule has 1 aliphatic rings. The standard InChI is InChI=1S/C19H21ClN2O2/c1-4-19(3)10-16(12-6-5-11(2)13(20)9-12)21-14-7-8-15(18(23)24)22-17(14)19/h5-9,16,21H,4,10H2,1-3H3,(H,23,24). The van der Waals surface area contributed by atoms with Gasteiger partial charge in [-0.1, -0.05) is 37.6 Å². The minimum absolute atomic E-state index is 0.0899. The van der Waals surface area contributed by atoms with E-state index in [4.69, 9.17) is 11.6 Å². The van der Waals surface area contributed by atoms with Gasteiger partial charge in [0.1, 0.15) is 5.69 Å². The smallest absolute Gasteiger partial charge is 0.354 e. The van der Waals surface area contributed by atoms with Gasteiger partial charge in [0.2, 0.25) is 0 Å². The Balaban J connectivity index is 2.04. The van der Waals surface area contributed by atoms with E-state index in [1.807, 2.05) is 25.1 Å². The minimum Gasteiger partial charge on any atom is -0.477 e. The van der Waals surface area contributed by atoms with Crippen molar-refractivity contribution >= 4 is 23.3 Å². The summed E-state index contributed by atoms with van der Waals surface area (Å²) >= 11 is 6.29. The molecule has 0 bridgehead atoms. The highest BCUT2D eigenvalue weighted by molar-refractivity contribution is 6.31. The van der Waals surface area contributed by atoms with Gasteiger partial charge in [0.15, 0.2) is 0 Å². The lowest BCUT2D eigenvalue weighted by molar-refractivity contribution is 0.0690. The van der Waals surface area contributed by atoms with Crippen molar-refractivity contribution in [2.45, 2.75) is 45.1 Å². The fraction of sp³-hybridized carbons (Fsp3) is 0.368. The van der Waals surface area contributed by atoms with Crippen molar-refractivity contribution in [1.29, 1.82) is 0 Å². The molecule has 24 heavy (non-hydrogen) atoms. The maximum absolute atomic E-state index is 11.2. The topological polar surface area (TPSA) is 62.2 Å². The van der Waals surface area contributed by atoms with Gasteiger partial charge in [0.05, 0.1) is 17.4 Å². The zero-order valence-corrected chi connectivity index (χ0v) is 14.8. The third-order valence-corrected chi connectivity index (χ3v) is 5.46. The van der Waals surface area contributed by atoms with Gasteiger partial charge < -0.3 is 10.4 Å². The average Bonchev–Trinajstić information content (AvgIpc) is 2.56. The molecule has 2 unspecified atom stereocenters. The Bertz CT molecular complexity index is 806. The number of hydrogen-bond acceptors (Lipinski definition) is 3. The fourth-order valence-corrected chi connectivity index (χ4v) is 3.47. The average molecular weight is 345 g/mol. The van der Waals surface area contributed by atoms with E-state index in [2.05, 4.69) is 30.2 Å². The van der Waals surface area contributed by atoms with Gasteiger partial charge in [0.25, 0.3) is 0 Å². The lowest BCUT2D eigenvalue weighted by Crippen LogP contribution is -2.34. The second-order valence-electron chi connectivity index (χ2n) is 6.72. The molecule has 0 spiro atoms. The highest BCUT2D eigenvalue weighted by Gasteiger charge is 2.37. The van der Waals surface area contributed by atoms with Gasteiger partial charge in [-0.15, -0.1) is 0 Å². The molecule has 0 saturated heterocycles. The molecule has 2 heterocycles. The number of pyridine rings is 1. The van der Waals surface area contributed by atoms with E-state index in [0.29, 0.717) is 0 Å². The fourth-order valence-electron chi connectivity index (χ4n) is 3.28. The molecule has 0 radical (unpaired) electrons. The van der Waals surface area contributed by atoms with E-state index in [9.17, 15) is 9.90 Å². The molecule has 126 valence electrons. The molecule has 0 fully saturated rings. The number of nitrogens with one attached hydrogen (secondary N) is 1. The third kappa shape index (κ3) is 2.86. The molecule has 1 aliphatic heterocycles. The molecule has 2 aromatic rings. The number of benzene rings is 1. The highest BCUT2D eigenvalue weighted by atomic mass is 35.5. The van der Waals surface area contributed by atoms with Crippen molar-refractivity contribution < 1.29 is 9.90 Å². The van der Waals surface area contributed by atoms with Crippen molar-refractivity contribution in [1.82, 2.24) is 4.98 Å². The Morgan fingerprint density at radius 1 is 1.42 bits per heavy atom. The number of nitrogens with zero attached hydrogens (tertiary/aromatic N) is 1. The lowest BCUT2D eigenvalue weighted by atomic mass is 9.73. The number of anilines is 1. The van der Waals surface area contributed by atoms with Crippen LogP contribution >= 0.6 is 11.6 Å². The Kier molecular flexibility index (Phi) is 4.26. The van der Waals surface area contributed by atoms with Crippen molar-refractivity contribution in [2.75, 3.05) is 5.32 Å². The quantitative estimate of drug-likeness (QED) is 0.825. The van der Waals surface area contributed by atoms with Crippen LogP contribution in [0.2, 0.25) is 5.02 Å². The van der Waals surface area contributed by atoms with Crippen molar-refractivity contribution in [3.63, 3.8) is 0 Å². The molecule has 0 amide bonds. The second kappa shape index (κ2) is 6.10. The van der Waals surface area contributed by atoms with Crippen LogP contribution < -0.4 is 5.32 Å². The van der Waals surface area contributed by atoms with Crippen molar-refractivity contribution in [2.24, 2.45) is 0 Å². The van der Waals surface area contributed by atoms with Crippen LogP contribution in [0.1, 0.15) is 60.0 Å². The number of halogens is 1. The van der Waals surface area contributed by atoms with Crippen LogP contribution in [0, 0.1) is 6.92 Å². The Morgan fingerprint density at radius 2 is 2.17 bits per heavy atom. The first-order valence-corrected chi connectivity index (χ1v) is 8.49. The number of aromatic nitrogens is 1. The summed E-state index contributed by atoms with van der Waals surface area (Å²) < 4.78 is 0. The summed E-state index contributed by atoms with van der Waals surface area (Å²) in [6.45, 7) is 6.25. The van der Waals surface area contributed by atoms with Crippen molar-refractivity contribution in [3.05, 3.63) is 57.9 Å². The van der Waals surface area contributed by atoms with E-state index < -0.39 is 5.97 Å². The van der Waals surface area contributed by atoms with Gasteiger partial charge in [-0.2, -0.15) is 0 Å². The molecule has 2 atom stereocenters. The first kappa shape index (κ1) is 16.8. The summed E-state index contributed by atoms with van der Waals surface area (Å²) in [6, 6.07) is 9.63. The van der Waals surface area contributed by atoms with Crippen LogP contribution in [0.5, 0.6) is 0 Å². The van der Waals surface area contributed by atoms with Gasteiger partial charge in [-0.3, -0.25) is 0 Å². The molecule has 3 rings (SSSR count). The normalized spacial score (nSPS) is 22.6. The number of aromatic carboxylic acids is 1.